The monoisotopic (exact) mass is 408 g/mol. The smallest absolute Gasteiger partial charge is 0.244 e. The summed E-state index contributed by atoms with van der Waals surface area (Å²) in [4.78, 5) is 24.5. The summed E-state index contributed by atoms with van der Waals surface area (Å²) in [5, 5.41) is 15.5. The minimum absolute atomic E-state index is 0.101. The largest absolute Gasteiger partial charge is 0.345 e. The number of benzene rings is 2. The zero-order valence-electron chi connectivity index (χ0n) is 14.5. The highest BCUT2D eigenvalue weighted by Crippen LogP contribution is 2.19. The van der Waals surface area contributed by atoms with Gasteiger partial charge in [-0.2, -0.15) is 4.80 Å². The van der Waals surface area contributed by atoms with Crippen LogP contribution in [0.1, 0.15) is 0 Å². The molecule has 150 valence electrons. The van der Waals surface area contributed by atoms with Crippen LogP contribution in [0.2, 0.25) is 0 Å². The molecule has 8 nitrogen and oxygen atoms in total. The van der Waals surface area contributed by atoms with Crippen LogP contribution in [0.5, 0.6) is 0 Å². The second-order valence-corrected chi connectivity index (χ2v) is 5.70. The fraction of sp³-hybridized carbons (Fsp3) is 0.118. The lowest BCUT2D eigenvalue weighted by atomic mass is 10.2. The first-order chi connectivity index (χ1) is 13.8. The molecule has 3 aromatic rings. The lowest BCUT2D eigenvalue weighted by Gasteiger charge is -2.08. The molecule has 0 bridgehead atoms. The molecule has 0 saturated heterocycles. The van der Waals surface area contributed by atoms with Crippen molar-refractivity contribution in [1.82, 2.24) is 25.5 Å². The maximum Gasteiger partial charge on any atom is 0.244 e. The Morgan fingerprint density at radius 1 is 1.00 bits per heavy atom. The van der Waals surface area contributed by atoms with E-state index in [1.165, 1.54) is 18.2 Å². The number of rotatable bonds is 6. The van der Waals surface area contributed by atoms with Crippen molar-refractivity contribution in [2.45, 2.75) is 6.54 Å². The van der Waals surface area contributed by atoms with E-state index >= 15 is 0 Å². The van der Waals surface area contributed by atoms with Gasteiger partial charge in [-0.25, -0.2) is 17.6 Å². The molecule has 12 heteroatoms. The molecule has 29 heavy (non-hydrogen) atoms. The number of amides is 2. The summed E-state index contributed by atoms with van der Waals surface area (Å²) in [6.45, 7) is -0.960. The number of nitrogens with one attached hydrogen (secondary N) is 2. The normalized spacial score (nSPS) is 10.6. The van der Waals surface area contributed by atoms with E-state index in [2.05, 4.69) is 20.7 Å². The number of carbonyl (C=O) groups excluding carboxylic acids is 2. The van der Waals surface area contributed by atoms with Crippen LogP contribution in [0.25, 0.3) is 11.4 Å². The van der Waals surface area contributed by atoms with Crippen molar-refractivity contribution in [1.29, 1.82) is 0 Å². The SMILES string of the molecule is O=C(Cn1nnc(-c2cccc(F)c2)n1)NCC(=O)Nc1ccc(F)c(F)c1F. The summed E-state index contributed by atoms with van der Waals surface area (Å²) in [5.74, 6) is -6.60. The quantitative estimate of drug-likeness (QED) is 0.477. The standard InChI is InChI=1S/C17H12F4N6O2/c18-10-3-1-2-9(6-10)17-24-26-27(25-17)8-14(29)22-7-13(28)23-12-5-4-11(19)15(20)16(12)21/h1-6H,7-8H2,(H,22,29)(H,23,28). The van der Waals surface area contributed by atoms with Crippen LogP contribution >= 0.6 is 0 Å². The molecule has 0 fully saturated rings. The van der Waals surface area contributed by atoms with Crippen LogP contribution in [0.3, 0.4) is 0 Å². The molecule has 0 aliphatic heterocycles. The number of aromatic nitrogens is 4. The van der Waals surface area contributed by atoms with Crippen molar-refractivity contribution in [2.24, 2.45) is 0 Å². The fourth-order valence-corrected chi connectivity index (χ4v) is 2.23. The summed E-state index contributed by atoms with van der Waals surface area (Å²) >= 11 is 0. The first-order valence-electron chi connectivity index (χ1n) is 8.07. The number of hydrogen-bond donors (Lipinski definition) is 2. The van der Waals surface area contributed by atoms with Crippen LogP contribution in [0.4, 0.5) is 23.2 Å². The molecular weight excluding hydrogens is 396 g/mol. The van der Waals surface area contributed by atoms with Gasteiger partial charge in [0.25, 0.3) is 0 Å². The summed E-state index contributed by atoms with van der Waals surface area (Å²) in [6, 6.07) is 6.97. The predicted octanol–water partition coefficient (Wildman–Crippen LogP) is 1.65. The minimum atomic E-state index is -1.72. The molecule has 3 rings (SSSR count). The van der Waals surface area contributed by atoms with Crippen LogP contribution in [-0.4, -0.2) is 38.6 Å². The molecule has 1 aromatic heterocycles. The first kappa shape index (κ1) is 19.9. The predicted molar refractivity (Wildman–Crippen MR) is 91.2 cm³/mol. The van der Waals surface area contributed by atoms with E-state index in [0.717, 1.165) is 10.9 Å². The Balaban J connectivity index is 1.53. The van der Waals surface area contributed by atoms with Crippen molar-refractivity contribution in [3.8, 4) is 11.4 Å². The molecule has 2 aromatic carbocycles. The maximum atomic E-state index is 13.5. The van der Waals surface area contributed by atoms with Gasteiger partial charge in [0.2, 0.25) is 17.6 Å². The van der Waals surface area contributed by atoms with Crippen LogP contribution in [0, 0.1) is 23.3 Å². The highest BCUT2D eigenvalue weighted by atomic mass is 19.2. The first-order valence-corrected chi connectivity index (χ1v) is 8.07. The summed E-state index contributed by atoms with van der Waals surface area (Å²) in [5.41, 5.74) is -0.203. The summed E-state index contributed by atoms with van der Waals surface area (Å²) < 4.78 is 52.7. The zero-order chi connectivity index (χ0) is 21.0. The highest BCUT2D eigenvalue weighted by molar-refractivity contribution is 5.94. The van der Waals surface area contributed by atoms with Gasteiger partial charge in [0.1, 0.15) is 12.4 Å². The van der Waals surface area contributed by atoms with E-state index in [0.29, 0.717) is 11.6 Å². The molecule has 0 aliphatic rings. The number of nitrogens with zero attached hydrogens (tertiary/aromatic N) is 4. The lowest BCUT2D eigenvalue weighted by Crippen LogP contribution is -2.35. The molecule has 0 atom stereocenters. The highest BCUT2D eigenvalue weighted by Gasteiger charge is 2.16. The fourth-order valence-electron chi connectivity index (χ4n) is 2.23. The van der Waals surface area contributed by atoms with Crippen molar-refractivity contribution < 1.29 is 27.2 Å². The molecule has 1 heterocycles. The van der Waals surface area contributed by atoms with Gasteiger partial charge in [0.15, 0.2) is 17.5 Å². The van der Waals surface area contributed by atoms with E-state index in [1.54, 1.807) is 6.07 Å². The Kier molecular flexibility index (Phi) is 5.81. The average Bonchev–Trinajstić information content (AvgIpc) is 3.15. The van der Waals surface area contributed by atoms with Gasteiger partial charge in [-0.15, -0.1) is 10.2 Å². The third-order valence-electron chi connectivity index (χ3n) is 3.58. The van der Waals surface area contributed by atoms with Crippen molar-refractivity contribution in [2.75, 3.05) is 11.9 Å². The van der Waals surface area contributed by atoms with Gasteiger partial charge in [0.05, 0.1) is 12.2 Å². The second kappa shape index (κ2) is 8.46. The van der Waals surface area contributed by atoms with Gasteiger partial charge in [-0.3, -0.25) is 9.59 Å². The Hall–Kier alpha value is -3.83. The summed E-state index contributed by atoms with van der Waals surface area (Å²) in [6.07, 6.45) is 0. The van der Waals surface area contributed by atoms with Gasteiger partial charge in [0, 0.05) is 5.56 Å². The minimum Gasteiger partial charge on any atom is -0.345 e. The Labute approximate surface area is 160 Å². The van der Waals surface area contributed by atoms with Crippen molar-refractivity contribution in [3.05, 3.63) is 59.7 Å². The number of tetrazole rings is 1. The van der Waals surface area contributed by atoms with E-state index in [-0.39, 0.29) is 5.82 Å². The van der Waals surface area contributed by atoms with Crippen LogP contribution in [-0.2, 0) is 16.1 Å². The van der Waals surface area contributed by atoms with E-state index in [9.17, 15) is 27.2 Å². The lowest BCUT2D eigenvalue weighted by molar-refractivity contribution is -0.124. The average molecular weight is 408 g/mol. The van der Waals surface area contributed by atoms with Crippen LogP contribution in [0.15, 0.2) is 36.4 Å². The number of anilines is 1. The molecule has 2 amide bonds. The Morgan fingerprint density at radius 3 is 2.55 bits per heavy atom. The second-order valence-electron chi connectivity index (χ2n) is 5.70. The molecule has 2 N–H and O–H groups in total. The number of halogens is 4. The molecule has 0 radical (unpaired) electrons. The number of hydrogen-bond acceptors (Lipinski definition) is 5. The molecule has 0 unspecified atom stereocenters. The molecular formula is C17H12F4N6O2. The third-order valence-corrected chi connectivity index (χ3v) is 3.58. The van der Waals surface area contributed by atoms with Gasteiger partial charge in [-0.1, -0.05) is 12.1 Å². The van der Waals surface area contributed by atoms with E-state index in [4.69, 9.17) is 0 Å². The van der Waals surface area contributed by atoms with Crippen molar-refractivity contribution in [3.63, 3.8) is 0 Å². The van der Waals surface area contributed by atoms with Gasteiger partial charge < -0.3 is 10.6 Å². The van der Waals surface area contributed by atoms with Crippen molar-refractivity contribution >= 4 is 17.5 Å². The Morgan fingerprint density at radius 2 is 1.79 bits per heavy atom. The van der Waals surface area contributed by atoms with Gasteiger partial charge in [-0.05, 0) is 29.5 Å². The third kappa shape index (κ3) is 4.91. The van der Waals surface area contributed by atoms with E-state index in [1.807, 2.05) is 5.32 Å². The molecule has 0 saturated carbocycles. The molecule has 0 aliphatic carbocycles. The topological polar surface area (TPSA) is 102 Å². The Bertz CT molecular complexity index is 1070. The van der Waals surface area contributed by atoms with E-state index < -0.39 is 53.9 Å². The van der Waals surface area contributed by atoms with Gasteiger partial charge >= 0.3 is 0 Å². The van der Waals surface area contributed by atoms with Crippen LogP contribution < -0.4 is 10.6 Å². The number of carbonyl (C=O) groups is 2. The molecule has 0 spiro atoms. The maximum absolute atomic E-state index is 13.5. The summed E-state index contributed by atoms with van der Waals surface area (Å²) in [7, 11) is 0. The zero-order valence-corrected chi connectivity index (χ0v) is 14.5.